The number of hydrogen-bond acceptors (Lipinski definition) is 4. The number of ether oxygens (including phenoxy) is 2. The van der Waals surface area contributed by atoms with Gasteiger partial charge in [0.05, 0.1) is 19.8 Å². The van der Waals surface area contributed by atoms with E-state index in [1.807, 2.05) is 0 Å². The van der Waals surface area contributed by atoms with E-state index < -0.39 is 0 Å². The number of halogens is 1. The molecule has 1 heterocycles. The van der Waals surface area contributed by atoms with E-state index in [1.165, 1.54) is 18.2 Å². The molecule has 3 rings (SSSR count). The Labute approximate surface area is 159 Å². The predicted molar refractivity (Wildman–Crippen MR) is 104 cm³/mol. The van der Waals surface area contributed by atoms with Gasteiger partial charge < -0.3 is 9.47 Å². The molecule has 0 amide bonds. The average Bonchev–Trinajstić information content (AvgIpc) is 2.72. The third kappa shape index (κ3) is 6.01. The molecule has 0 radical (unpaired) electrons. The van der Waals surface area contributed by atoms with E-state index in [0.29, 0.717) is 17.7 Å². The molecule has 0 unspecified atom stereocenters. The highest BCUT2D eigenvalue weighted by Gasteiger charge is 2.09. The van der Waals surface area contributed by atoms with Crippen molar-refractivity contribution in [3.63, 3.8) is 0 Å². The van der Waals surface area contributed by atoms with Gasteiger partial charge in [-0.05, 0) is 48.9 Å². The number of nitrogens with zero attached hydrogens (tertiary/aromatic N) is 1. The Morgan fingerprint density at radius 2 is 1.85 bits per heavy atom. The fraction of sp³-hybridized carbons (Fsp3) is 0.318. The number of rotatable bonds is 8. The summed E-state index contributed by atoms with van der Waals surface area (Å²) in [6.45, 7) is 5.22. The van der Waals surface area contributed by atoms with Crippen molar-refractivity contribution in [1.82, 2.24) is 4.90 Å². The quantitative estimate of drug-likeness (QED) is 0.403. The fourth-order valence-electron chi connectivity index (χ4n) is 2.89. The topological polar surface area (TPSA) is 38.8 Å². The van der Waals surface area contributed by atoms with Gasteiger partial charge in [0.1, 0.15) is 11.6 Å². The first-order valence-electron chi connectivity index (χ1n) is 9.22. The number of allylic oxidation sites excluding steroid dienone is 1. The number of ketones is 1. The Bertz CT molecular complexity index is 767. The van der Waals surface area contributed by atoms with Crippen LogP contribution in [0.15, 0.2) is 54.6 Å². The van der Waals surface area contributed by atoms with E-state index in [9.17, 15) is 9.18 Å². The average molecular weight is 369 g/mol. The second-order valence-corrected chi connectivity index (χ2v) is 6.40. The molecule has 0 bridgehead atoms. The maximum absolute atomic E-state index is 13.6. The van der Waals surface area contributed by atoms with Gasteiger partial charge in [-0.1, -0.05) is 18.2 Å². The maximum atomic E-state index is 13.6. The zero-order valence-corrected chi connectivity index (χ0v) is 15.3. The minimum absolute atomic E-state index is 0.169. The van der Waals surface area contributed by atoms with Gasteiger partial charge in [-0.2, -0.15) is 0 Å². The third-order valence-electron chi connectivity index (χ3n) is 4.45. The largest absolute Gasteiger partial charge is 0.494 e. The number of morpholine rings is 1. The summed E-state index contributed by atoms with van der Waals surface area (Å²) < 4.78 is 24.6. The highest BCUT2D eigenvalue weighted by molar-refractivity contribution is 6.06. The lowest BCUT2D eigenvalue weighted by Gasteiger charge is -2.26. The molecule has 0 aliphatic carbocycles. The second kappa shape index (κ2) is 10.00. The maximum Gasteiger partial charge on any atom is 0.185 e. The summed E-state index contributed by atoms with van der Waals surface area (Å²) in [6, 6.07) is 13.4. The van der Waals surface area contributed by atoms with Crippen molar-refractivity contribution in [3.8, 4) is 5.75 Å². The van der Waals surface area contributed by atoms with Crippen molar-refractivity contribution in [2.24, 2.45) is 0 Å². The summed E-state index contributed by atoms with van der Waals surface area (Å²) in [7, 11) is 0. The van der Waals surface area contributed by atoms with Crippen molar-refractivity contribution >= 4 is 11.9 Å². The Balaban J connectivity index is 1.45. The highest BCUT2D eigenvalue weighted by atomic mass is 19.1. The molecule has 1 aliphatic rings. The molecule has 0 N–H and O–H groups in total. The number of carbonyl (C=O) groups excluding carboxylic acids is 1. The van der Waals surface area contributed by atoms with Crippen molar-refractivity contribution < 1.29 is 18.7 Å². The minimum Gasteiger partial charge on any atom is -0.494 e. The van der Waals surface area contributed by atoms with E-state index in [4.69, 9.17) is 9.47 Å². The zero-order valence-electron chi connectivity index (χ0n) is 15.3. The molecule has 27 heavy (non-hydrogen) atoms. The first-order valence-corrected chi connectivity index (χ1v) is 9.22. The Hall–Kier alpha value is -2.50. The van der Waals surface area contributed by atoms with Gasteiger partial charge in [0, 0.05) is 30.8 Å². The van der Waals surface area contributed by atoms with Crippen LogP contribution in [0.3, 0.4) is 0 Å². The molecule has 4 nitrogen and oxygen atoms in total. The van der Waals surface area contributed by atoms with Crippen LogP contribution in [0.4, 0.5) is 4.39 Å². The van der Waals surface area contributed by atoms with Crippen molar-refractivity contribution in [3.05, 3.63) is 71.6 Å². The molecule has 1 aliphatic heterocycles. The van der Waals surface area contributed by atoms with Crippen LogP contribution in [0.1, 0.15) is 22.3 Å². The van der Waals surface area contributed by atoms with Gasteiger partial charge in [-0.25, -0.2) is 4.39 Å². The number of hydrogen-bond donors (Lipinski definition) is 0. The fourth-order valence-corrected chi connectivity index (χ4v) is 2.89. The van der Waals surface area contributed by atoms with Gasteiger partial charge >= 0.3 is 0 Å². The van der Waals surface area contributed by atoms with Gasteiger partial charge in [0.15, 0.2) is 5.78 Å². The Kier molecular flexibility index (Phi) is 7.13. The molecule has 0 spiro atoms. The zero-order chi connectivity index (χ0) is 18.9. The molecule has 2 aromatic carbocycles. The highest BCUT2D eigenvalue weighted by Crippen LogP contribution is 2.15. The second-order valence-electron chi connectivity index (χ2n) is 6.40. The standard InChI is InChI=1S/C22H24FNO3/c23-21-5-2-1-4-18(21)8-11-22(25)19-6-9-20(10-7-19)27-15-3-12-24-13-16-26-17-14-24/h1-2,4-11H,3,12-17H2/b11-8+. The molecular formula is C22H24FNO3. The van der Waals surface area contributed by atoms with Crippen LogP contribution in [0.25, 0.3) is 6.08 Å². The summed E-state index contributed by atoms with van der Waals surface area (Å²) in [4.78, 5) is 14.6. The van der Waals surface area contributed by atoms with Crippen LogP contribution in [-0.4, -0.2) is 50.1 Å². The molecule has 0 saturated carbocycles. The van der Waals surface area contributed by atoms with Crippen LogP contribution in [0.5, 0.6) is 5.75 Å². The molecule has 0 aromatic heterocycles. The van der Waals surface area contributed by atoms with Gasteiger partial charge in [-0.15, -0.1) is 0 Å². The van der Waals surface area contributed by atoms with E-state index in [0.717, 1.165) is 45.0 Å². The number of benzene rings is 2. The van der Waals surface area contributed by atoms with Crippen LogP contribution in [0.2, 0.25) is 0 Å². The predicted octanol–water partition coefficient (Wildman–Crippen LogP) is 3.82. The van der Waals surface area contributed by atoms with Crippen LogP contribution in [0, 0.1) is 5.82 Å². The molecule has 2 aromatic rings. The lowest BCUT2D eigenvalue weighted by Crippen LogP contribution is -2.37. The van der Waals surface area contributed by atoms with Crippen LogP contribution in [-0.2, 0) is 4.74 Å². The Morgan fingerprint density at radius 3 is 2.59 bits per heavy atom. The van der Waals surface area contributed by atoms with Crippen molar-refractivity contribution in [2.45, 2.75) is 6.42 Å². The SMILES string of the molecule is O=C(/C=C/c1ccccc1F)c1ccc(OCCCN2CCOCC2)cc1. The van der Waals surface area contributed by atoms with Crippen LogP contribution >= 0.6 is 0 Å². The molecule has 142 valence electrons. The minimum atomic E-state index is -0.345. The first kappa shape index (κ1) is 19.3. The van der Waals surface area contributed by atoms with Gasteiger partial charge in [0.2, 0.25) is 0 Å². The summed E-state index contributed by atoms with van der Waals surface area (Å²) in [5, 5.41) is 0. The molecule has 5 heteroatoms. The lowest BCUT2D eigenvalue weighted by molar-refractivity contribution is 0.0358. The first-order chi connectivity index (χ1) is 13.2. The summed E-state index contributed by atoms with van der Waals surface area (Å²) in [5.74, 6) is 0.228. The van der Waals surface area contributed by atoms with Crippen molar-refractivity contribution in [2.75, 3.05) is 39.5 Å². The van der Waals surface area contributed by atoms with E-state index in [1.54, 1.807) is 42.5 Å². The molecular weight excluding hydrogens is 345 g/mol. The summed E-state index contributed by atoms with van der Waals surface area (Å²) >= 11 is 0. The molecule has 0 atom stereocenters. The van der Waals surface area contributed by atoms with Gasteiger partial charge in [0.25, 0.3) is 0 Å². The monoisotopic (exact) mass is 369 g/mol. The van der Waals surface area contributed by atoms with E-state index >= 15 is 0 Å². The van der Waals surface area contributed by atoms with Crippen LogP contribution < -0.4 is 4.74 Å². The normalized spacial score (nSPS) is 15.1. The lowest BCUT2D eigenvalue weighted by atomic mass is 10.1. The number of carbonyl (C=O) groups is 1. The van der Waals surface area contributed by atoms with Crippen molar-refractivity contribution in [1.29, 1.82) is 0 Å². The molecule has 1 saturated heterocycles. The third-order valence-corrected chi connectivity index (χ3v) is 4.45. The summed E-state index contributed by atoms with van der Waals surface area (Å²) in [5.41, 5.74) is 0.939. The molecule has 1 fully saturated rings. The van der Waals surface area contributed by atoms with E-state index in [2.05, 4.69) is 4.90 Å². The Morgan fingerprint density at radius 1 is 1.11 bits per heavy atom. The van der Waals surface area contributed by atoms with Gasteiger partial charge in [-0.3, -0.25) is 9.69 Å². The smallest absolute Gasteiger partial charge is 0.185 e. The summed E-state index contributed by atoms with van der Waals surface area (Å²) in [6.07, 6.45) is 3.83. The van der Waals surface area contributed by atoms with E-state index in [-0.39, 0.29) is 11.6 Å².